The second kappa shape index (κ2) is 6.63. The van der Waals surface area contributed by atoms with Crippen LogP contribution in [0.3, 0.4) is 0 Å². The first-order chi connectivity index (χ1) is 6.72. The van der Waals surface area contributed by atoms with E-state index in [2.05, 4.69) is 38.5 Å². The predicted octanol–water partition coefficient (Wildman–Crippen LogP) is 3.47. The van der Waals surface area contributed by atoms with Gasteiger partial charge in [0.1, 0.15) is 5.75 Å². The first-order valence-electron chi connectivity index (χ1n) is 4.30. The number of hydrogen-bond donors (Lipinski definition) is 0. The van der Waals surface area contributed by atoms with Crippen molar-refractivity contribution in [1.82, 2.24) is 0 Å². The van der Waals surface area contributed by atoms with Crippen molar-refractivity contribution in [3.8, 4) is 5.75 Å². The average molecular weight is 371 g/mol. The first-order valence-corrected chi connectivity index (χ1v) is 6.17. The van der Waals surface area contributed by atoms with E-state index in [1.54, 1.807) is 7.11 Å². The molecule has 4 heteroatoms. The van der Waals surface area contributed by atoms with Crippen LogP contribution in [-0.4, -0.2) is 20.3 Å². The molecule has 0 amide bonds. The number of benzene rings is 1. The summed E-state index contributed by atoms with van der Waals surface area (Å²) in [6, 6.07) is 6.02. The van der Waals surface area contributed by atoms with Crippen molar-refractivity contribution in [2.45, 2.75) is 6.42 Å². The van der Waals surface area contributed by atoms with Gasteiger partial charge in [0.15, 0.2) is 0 Å². The Morgan fingerprint density at radius 1 is 1.29 bits per heavy atom. The fourth-order valence-corrected chi connectivity index (χ4v) is 2.55. The van der Waals surface area contributed by atoms with Gasteiger partial charge in [0, 0.05) is 28.2 Å². The van der Waals surface area contributed by atoms with Gasteiger partial charge in [-0.2, -0.15) is 0 Å². The molecule has 0 radical (unpaired) electrons. The molecule has 1 aromatic rings. The smallest absolute Gasteiger partial charge is 0.121 e. The van der Waals surface area contributed by atoms with Crippen LogP contribution < -0.4 is 4.74 Å². The minimum atomic E-state index is 0.695. The molecule has 0 saturated carbocycles. The molecule has 2 nitrogen and oxygen atoms in total. The van der Waals surface area contributed by atoms with Crippen molar-refractivity contribution in [2.75, 3.05) is 20.3 Å². The quantitative estimate of drug-likeness (QED) is 0.583. The van der Waals surface area contributed by atoms with Crippen molar-refractivity contribution in [1.29, 1.82) is 0 Å². The molecule has 0 aliphatic heterocycles. The molecule has 1 aromatic carbocycles. The molecule has 0 spiro atoms. The van der Waals surface area contributed by atoms with E-state index in [0.29, 0.717) is 6.61 Å². The van der Waals surface area contributed by atoms with Crippen LogP contribution in [0.1, 0.15) is 6.42 Å². The highest BCUT2D eigenvalue weighted by atomic mass is 127. The van der Waals surface area contributed by atoms with Crippen molar-refractivity contribution < 1.29 is 9.47 Å². The normalized spacial score (nSPS) is 10.2. The Labute approximate surface area is 106 Å². The van der Waals surface area contributed by atoms with E-state index < -0.39 is 0 Å². The van der Waals surface area contributed by atoms with Gasteiger partial charge in [0.05, 0.1) is 6.61 Å². The molecule has 78 valence electrons. The molecule has 0 saturated heterocycles. The Bertz CT molecular complexity index is 271. The lowest BCUT2D eigenvalue weighted by Gasteiger charge is -2.06. The zero-order valence-electron chi connectivity index (χ0n) is 7.93. The summed E-state index contributed by atoms with van der Waals surface area (Å²) < 4.78 is 12.7. The van der Waals surface area contributed by atoms with E-state index in [4.69, 9.17) is 9.47 Å². The number of hydrogen-bond acceptors (Lipinski definition) is 2. The van der Waals surface area contributed by atoms with Crippen LogP contribution in [0.5, 0.6) is 5.75 Å². The van der Waals surface area contributed by atoms with Crippen LogP contribution in [0.15, 0.2) is 22.7 Å². The molecular formula is C10H12BrIO2. The summed E-state index contributed by atoms with van der Waals surface area (Å²) >= 11 is 5.69. The maximum absolute atomic E-state index is 5.55. The molecule has 0 heterocycles. The molecule has 0 aliphatic carbocycles. The van der Waals surface area contributed by atoms with Gasteiger partial charge < -0.3 is 9.47 Å². The highest BCUT2D eigenvalue weighted by Gasteiger charge is 1.98. The van der Waals surface area contributed by atoms with Gasteiger partial charge in [-0.15, -0.1) is 0 Å². The lowest BCUT2D eigenvalue weighted by molar-refractivity contribution is 0.172. The summed E-state index contributed by atoms with van der Waals surface area (Å²) in [4.78, 5) is 0. The highest BCUT2D eigenvalue weighted by molar-refractivity contribution is 14.1. The third-order valence-corrected chi connectivity index (χ3v) is 2.68. The standard InChI is InChI=1S/C10H12BrIO2/c1-13-3-2-4-14-10-6-8(11)5-9(12)7-10/h5-7H,2-4H2,1H3. The van der Waals surface area contributed by atoms with Crippen LogP contribution in [0.2, 0.25) is 0 Å². The molecule has 0 unspecified atom stereocenters. The Morgan fingerprint density at radius 3 is 2.71 bits per heavy atom. The number of halogens is 2. The van der Waals surface area contributed by atoms with Gasteiger partial charge in [-0.1, -0.05) is 15.9 Å². The lowest BCUT2D eigenvalue weighted by Crippen LogP contribution is -2.01. The molecule has 0 N–H and O–H groups in total. The predicted molar refractivity (Wildman–Crippen MR) is 68.8 cm³/mol. The minimum absolute atomic E-state index is 0.695. The van der Waals surface area contributed by atoms with Crippen LogP contribution in [0.25, 0.3) is 0 Å². The summed E-state index contributed by atoms with van der Waals surface area (Å²) in [6.07, 6.45) is 0.916. The molecular weight excluding hydrogens is 359 g/mol. The van der Waals surface area contributed by atoms with E-state index in [1.807, 2.05) is 18.2 Å². The maximum atomic E-state index is 5.55. The third-order valence-electron chi connectivity index (χ3n) is 1.60. The number of ether oxygens (including phenoxy) is 2. The summed E-state index contributed by atoms with van der Waals surface area (Å²) in [5, 5.41) is 0. The van der Waals surface area contributed by atoms with Gasteiger partial charge >= 0.3 is 0 Å². The van der Waals surface area contributed by atoms with E-state index in [0.717, 1.165) is 23.2 Å². The van der Waals surface area contributed by atoms with Crippen molar-refractivity contribution in [3.05, 3.63) is 26.2 Å². The largest absolute Gasteiger partial charge is 0.493 e. The fraction of sp³-hybridized carbons (Fsp3) is 0.400. The molecule has 0 fully saturated rings. The van der Waals surface area contributed by atoms with Crippen LogP contribution in [0, 0.1) is 3.57 Å². The molecule has 14 heavy (non-hydrogen) atoms. The fourth-order valence-electron chi connectivity index (χ4n) is 1.01. The Morgan fingerprint density at radius 2 is 2.07 bits per heavy atom. The summed E-state index contributed by atoms with van der Waals surface area (Å²) in [6.45, 7) is 1.44. The van der Waals surface area contributed by atoms with Gasteiger partial charge in [0.2, 0.25) is 0 Å². The summed E-state index contributed by atoms with van der Waals surface area (Å²) in [5.74, 6) is 0.903. The van der Waals surface area contributed by atoms with E-state index in [9.17, 15) is 0 Å². The maximum Gasteiger partial charge on any atom is 0.121 e. The van der Waals surface area contributed by atoms with E-state index in [-0.39, 0.29) is 0 Å². The number of methoxy groups -OCH3 is 1. The highest BCUT2D eigenvalue weighted by Crippen LogP contribution is 2.22. The monoisotopic (exact) mass is 370 g/mol. The van der Waals surface area contributed by atoms with Gasteiger partial charge in [-0.25, -0.2) is 0 Å². The van der Waals surface area contributed by atoms with Gasteiger partial charge in [-0.3, -0.25) is 0 Å². The van der Waals surface area contributed by atoms with Gasteiger partial charge in [0.25, 0.3) is 0 Å². The van der Waals surface area contributed by atoms with E-state index >= 15 is 0 Å². The molecule has 1 rings (SSSR count). The second-order valence-electron chi connectivity index (χ2n) is 2.80. The van der Waals surface area contributed by atoms with Crippen LogP contribution in [0.4, 0.5) is 0 Å². The van der Waals surface area contributed by atoms with Crippen molar-refractivity contribution >= 4 is 38.5 Å². The third kappa shape index (κ3) is 4.61. The second-order valence-corrected chi connectivity index (χ2v) is 4.96. The zero-order chi connectivity index (χ0) is 10.4. The van der Waals surface area contributed by atoms with Crippen LogP contribution >= 0.6 is 38.5 Å². The Hall–Kier alpha value is 0.190. The molecule has 0 aromatic heterocycles. The lowest BCUT2D eigenvalue weighted by atomic mass is 10.3. The van der Waals surface area contributed by atoms with Crippen molar-refractivity contribution in [2.24, 2.45) is 0 Å². The minimum Gasteiger partial charge on any atom is -0.493 e. The van der Waals surface area contributed by atoms with Crippen molar-refractivity contribution in [3.63, 3.8) is 0 Å². The Kier molecular flexibility index (Phi) is 5.81. The van der Waals surface area contributed by atoms with Crippen LogP contribution in [-0.2, 0) is 4.74 Å². The SMILES string of the molecule is COCCCOc1cc(Br)cc(I)c1. The average Bonchev–Trinajstić information content (AvgIpc) is 2.11. The summed E-state index contributed by atoms with van der Waals surface area (Å²) in [7, 11) is 1.70. The van der Waals surface area contributed by atoms with Gasteiger partial charge in [-0.05, 0) is 40.8 Å². The molecule has 0 atom stereocenters. The summed E-state index contributed by atoms with van der Waals surface area (Å²) in [5.41, 5.74) is 0. The zero-order valence-corrected chi connectivity index (χ0v) is 11.7. The van der Waals surface area contributed by atoms with E-state index in [1.165, 1.54) is 3.57 Å². The molecule has 0 bridgehead atoms. The topological polar surface area (TPSA) is 18.5 Å². The number of rotatable bonds is 5. The Balaban J connectivity index is 2.42. The first kappa shape index (κ1) is 12.3. The molecule has 0 aliphatic rings.